The second-order valence-electron chi connectivity index (χ2n) is 8.23. The quantitative estimate of drug-likeness (QED) is 0.621. The summed E-state index contributed by atoms with van der Waals surface area (Å²) in [5.41, 5.74) is 1.69. The van der Waals surface area contributed by atoms with Crippen LogP contribution in [0.4, 0.5) is 5.82 Å². The van der Waals surface area contributed by atoms with Gasteiger partial charge in [-0.2, -0.15) is 0 Å². The first-order chi connectivity index (χ1) is 14.2. The van der Waals surface area contributed by atoms with Crippen LogP contribution in [0.3, 0.4) is 0 Å². The molecular formula is C22H25N5O2. The van der Waals surface area contributed by atoms with Crippen molar-refractivity contribution in [1.82, 2.24) is 20.3 Å². The van der Waals surface area contributed by atoms with Crippen molar-refractivity contribution in [2.24, 2.45) is 11.3 Å². The number of rotatable bonds is 5. The Bertz CT molecular complexity index is 1010. The molecule has 2 fully saturated rings. The van der Waals surface area contributed by atoms with E-state index in [4.69, 9.17) is 0 Å². The molecule has 5 rings (SSSR count). The number of hydrogen-bond donors (Lipinski definition) is 3. The number of aliphatic hydroxyl groups excluding tert-OH is 1. The minimum absolute atomic E-state index is 0.00900. The van der Waals surface area contributed by atoms with Crippen molar-refractivity contribution in [1.29, 1.82) is 0 Å². The molecule has 3 N–H and O–H groups in total. The average molecular weight is 391 g/mol. The lowest BCUT2D eigenvalue weighted by Gasteiger charge is -2.39. The predicted octanol–water partition coefficient (Wildman–Crippen LogP) is 2.41. The van der Waals surface area contributed by atoms with Gasteiger partial charge in [0.1, 0.15) is 17.8 Å². The molecule has 2 aliphatic rings. The number of aromatic amines is 1. The molecular weight excluding hydrogens is 366 g/mol. The van der Waals surface area contributed by atoms with Gasteiger partial charge in [-0.1, -0.05) is 30.3 Å². The van der Waals surface area contributed by atoms with Crippen molar-refractivity contribution in [2.45, 2.75) is 25.4 Å². The molecule has 1 amide bonds. The number of piperidine rings is 1. The van der Waals surface area contributed by atoms with Crippen molar-refractivity contribution in [3.05, 3.63) is 54.5 Å². The molecule has 3 aromatic rings. The number of fused-ring (bicyclic) bond motifs is 1. The van der Waals surface area contributed by atoms with Crippen LogP contribution >= 0.6 is 0 Å². The summed E-state index contributed by atoms with van der Waals surface area (Å²) in [6.07, 6.45) is 5.71. The lowest BCUT2D eigenvalue weighted by molar-refractivity contribution is -0.128. The third kappa shape index (κ3) is 3.35. The summed E-state index contributed by atoms with van der Waals surface area (Å²) in [4.78, 5) is 27.2. The molecule has 1 saturated carbocycles. The minimum Gasteiger partial charge on any atom is -0.387 e. The first-order valence-corrected chi connectivity index (χ1v) is 10.2. The van der Waals surface area contributed by atoms with Crippen molar-refractivity contribution < 1.29 is 9.90 Å². The second kappa shape index (κ2) is 7.15. The molecule has 2 aromatic heterocycles. The summed E-state index contributed by atoms with van der Waals surface area (Å²) < 4.78 is 0. The van der Waals surface area contributed by atoms with E-state index >= 15 is 0 Å². The number of carbonyl (C=O) groups excluding carboxylic acids is 1. The van der Waals surface area contributed by atoms with E-state index in [2.05, 4.69) is 25.2 Å². The van der Waals surface area contributed by atoms with E-state index in [1.54, 1.807) is 6.33 Å². The van der Waals surface area contributed by atoms with E-state index in [0.717, 1.165) is 54.8 Å². The Labute approximate surface area is 169 Å². The standard InChI is InChI=1S/C22H25N5O2/c28-18(15-4-2-1-3-5-15)12-24-21(29)17-7-11-27(13-22(17)8-9-22)20-16-6-10-23-19(16)25-14-26-20/h1-6,10,14,17-18,28H,7-9,11-13H2,(H,24,29)(H,23,25,26). The summed E-state index contributed by atoms with van der Waals surface area (Å²) >= 11 is 0. The highest BCUT2D eigenvalue weighted by molar-refractivity contribution is 5.87. The number of H-pyrrole nitrogens is 1. The van der Waals surface area contributed by atoms with Crippen LogP contribution in [0, 0.1) is 11.3 Å². The Morgan fingerprint density at radius 1 is 1.28 bits per heavy atom. The molecule has 1 aromatic carbocycles. The fourth-order valence-electron chi connectivity index (χ4n) is 4.64. The number of benzene rings is 1. The van der Waals surface area contributed by atoms with Gasteiger partial charge >= 0.3 is 0 Å². The fraction of sp³-hybridized carbons (Fsp3) is 0.409. The number of aliphatic hydroxyl groups is 1. The Morgan fingerprint density at radius 2 is 2.10 bits per heavy atom. The highest BCUT2D eigenvalue weighted by Gasteiger charge is 2.55. The summed E-state index contributed by atoms with van der Waals surface area (Å²) in [6.45, 7) is 1.87. The molecule has 150 valence electrons. The highest BCUT2D eigenvalue weighted by atomic mass is 16.3. The smallest absolute Gasteiger partial charge is 0.223 e. The molecule has 2 atom stereocenters. The van der Waals surface area contributed by atoms with Crippen molar-refractivity contribution in [3.8, 4) is 0 Å². The minimum atomic E-state index is -0.682. The number of nitrogens with zero attached hydrogens (tertiary/aromatic N) is 3. The van der Waals surface area contributed by atoms with Crippen molar-refractivity contribution >= 4 is 22.8 Å². The zero-order valence-electron chi connectivity index (χ0n) is 16.2. The Morgan fingerprint density at radius 3 is 2.90 bits per heavy atom. The lowest BCUT2D eigenvalue weighted by atomic mass is 9.81. The van der Waals surface area contributed by atoms with Gasteiger partial charge in [-0.05, 0) is 36.3 Å². The number of aromatic nitrogens is 3. The fourth-order valence-corrected chi connectivity index (χ4v) is 4.64. The first-order valence-electron chi connectivity index (χ1n) is 10.2. The molecule has 1 aliphatic carbocycles. The largest absolute Gasteiger partial charge is 0.387 e. The molecule has 7 heteroatoms. The van der Waals surface area contributed by atoms with Crippen LogP contribution in [0.1, 0.15) is 30.9 Å². The number of nitrogens with one attached hydrogen (secondary N) is 2. The molecule has 1 spiro atoms. The average Bonchev–Trinajstić information content (AvgIpc) is 3.34. The molecule has 0 radical (unpaired) electrons. The van der Waals surface area contributed by atoms with Crippen LogP contribution in [-0.2, 0) is 4.79 Å². The summed E-state index contributed by atoms with van der Waals surface area (Å²) in [5, 5.41) is 14.4. The van der Waals surface area contributed by atoms with E-state index in [-0.39, 0.29) is 23.8 Å². The van der Waals surface area contributed by atoms with Gasteiger partial charge in [-0.25, -0.2) is 9.97 Å². The molecule has 3 heterocycles. The van der Waals surface area contributed by atoms with Gasteiger partial charge < -0.3 is 20.3 Å². The third-order valence-electron chi connectivity index (χ3n) is 6.43. The normalized spacial score (nSPS) is 21.3. The Balaban J connectivity index is 1.25. The second-order valence-corrected chi connectivity index (χ2v) is 8.23. The monoisotopic (exact) mass is 391 g/mol. The molecule has 1 saturated heterocycles. The Kier molecular flexibility index (Phi) is 4.47. The van der Waals surface area contributed by atoms with Crippen molar-refractivity contribution in [3.63, 3.8) is 0 Å². The number of amides is 1. The molecule has 1 aliphatic heterocycles. The topological polar surface area (TPSA) is 94.1 Å². The molecule has 2 unspecified atom stereocenters. The van der Waals surface area contributed by atoms with Crippen molar-refractivity contribution in [2.75, 3.05) is 24.5 Å². The van der Waals surface area contributed by atoms with Gasteiger partial charge in [-0.15, -0.1) is 0 Å². The molecule has 0 bridgehead atoms. The van der Waals surface area contributed by atoms with Crippen LogP contribution in [0.5, 0.6) is 0 Å². The Hall–Kier alpha value is -2.93. The number of hydrogen-bond acceptors (Lipinski definition) is 5. The number of anilines is 1. The third-order valence-corrected chi connectivity index (χ3v) is 6.43. The maximum absolute atomic E-state index is 12.9. The predicted molar refractivity (Wildman–Crippen MR) is 110 cm³/mol. The van der Waals surface area contributed by atoms with E-state index in [0.29, 0.717) is 0 Å². The number of carbonyl (C=O) groups is 1. The SMILES string of the molecule is O=C(NCC(O)c1ccccc1)C1CCN(c2ncnc3[nH]ccc23)CC12CC2. The molecule has 29 heavy (non-hydrogen) atoms. The van der Waals surface area contributed by atoms with E-state index in [9.17, 15) is 9.90 Å². The zero-order valence-corrected chi connectivity index (χ0v) is 16.2. The first kappa shape index (κ1) is 18.1. The lowest BCUT2D eigenvalue weighted by Crippen LogP contribution is -2.48. The van der Waals surface area contributed by atoms with E-state index < -0.39 is 6.10 Å². The van der Waals surface area contributed by atoms with Crippen LogP contribution in [0.15, 0.2) is 48.9 Å². The van der Waals surface area contributed by atoms with Crippen LogP contribution in [0.2, 0.25) is 0 Å². The summed E-state index contributed by atoms with van der Waals surface area (Å²) in [6, 6.07) is 11.5. The zero-order chi connectivity index (χ0) is 19.8. The molecule has 7 nitrogen and oxygen atoms in total. The van der Waals surface area contributed by atoms with E-state index in [1.165, 1.54) is 0 Å². The van der Waals surface area contributed by atoms with Gasteiger partial charge in [0, 0.05) is 31.7 Å². The van der Waals surface area contributed by atoms with Crippen LogP contribution in [0.25, 0.3) is 11.0 Å². The van der Waals surface area contributed by atoms with E-state index in [1.807, 2.05) is 42.6 Å². The van der Waals surface area contributed by atoms with Gasteiger partial charge in [0.2, 0.25) is 5.91 Å². The summed E-state index contributed by atoms with van der Waals surface area (Å²) in [5.74, 6) is 0.998. The van der Waals surface area contributed by atoms with Crippen LogP contribution in [-0.4, -0.2) is 45.6 Å². The summed E-state index contributed by atoms with van der Waals surface area (Å²) in [7, 11) is 0. The maximum Gasteiger partial charge on any atom is 0.223 e. The van der Waals surface area contributed by atoms with Gasteiger partial charge in [0.25, 0.3) is 0 Å². The maximum atomic E-state index is 12.9. The van der Waals surface area contributed by atoms with Crippen LogP contribution < -0.4 is 10.2 Å². The van der Waals surface area contributed by atoms with Gasteiger partial charge in [0.15, 0.2) is 0 Å². The van der Waals surface area contributed by atoms with Gasteiger partial charge in [-0.3, -0.25) is 4.79 Å². The van der Waals surface area contributed by atoms with Gasteiger partial charge in [0.05, 0.1) is 11.5 Å². The highest BCUT2D eigenvalue weighted by Crippen LogP contribution is 2.56.